The number of nitrogens with zero attached hydrogens (tertiary/aromatic N) is 4. The van der Waals surface area contributed by atoms with E-state index >= 15 is 0 Å². The van der Waals surface area contributed by atoms with Crippen molar-refractivity contribution in [1.29, 1.82) is 0 Å². The van der Waals surface area contributed by atoms with Gasteiger partial charge in [-0.05, 0) is 73.2 Å². The zero-order valence-electron chi connectivity index (χ0n) is 29.6. The lowest BCUT2D eigenvalue weighted by molar-refractivity contribution is -0.138. The molecule has 0 spiro atoms. The molecular formula is C40H36F4N6O7. The Kier molecular flexibility index (Phi) is 11.4. The number of rotatable bonds is 12. The zero-order valence-corrected chi connectivity index (χ0v) is 29.6. The molecule has 1 atom stereocenters. The maximum atomic E-state index is 14.2. The SMILES string of the molecule is C.CN(CCOCCOc1ccc2c(c1)C(=O)N(C1CCC(=O)NC1=O)C2=O)c1cccc(-n2c(NC(=O)c3cccc(C(F)(F)F)c3)nc3cc(F)ccc32)c1. The molecule has 0 radical (unpaired) electrons. The number of hydrogen-bond acceptors (Lipinski definition) is 9. The third kappa shape index (κ3) is 8.33. The molecule has 2 N–H and O–H groups in total. The van der Waals surface area contributed by atoms with Crippen molar-refractivity contribution >= 4 is 52.2 Å². The van der Waals surface area contributed by atoms with Crippen molar-refractivity contribution in [3.05, 3.63) is 113 Å². The Morgan fingerprint density at radius 3 is 2.47 bits per heavy atom. The van der Waals surface area contributed by atoms with Crippen LogP contribution in [-0.4, -0.2) is 83.4 Å². The van der Waals surface area contributed by atoms with Crippen LogP contribution in [0.5, 0.6) is 5.75 Å². The fraction of sp³-hybridized carbons (Fsp3) is 0.250. The number of carbonyl (C=O) groups excluding carboxylic acids is 5. The number of alkyl halides is 3. The first-order valence-corrected chi connectivity index (χ1v) is 17.3. The number of imidazole rings is 1. The molecule has 7 rings (SSSR count). The normalized spacial score (nSPS) is 15.3. The fourth-order valence-corrected chi connectivity index (χ4v) is 6.47. The minimum Gasteiger partial charge on any atom is -0.491 e. The molecule has 1 fully saturated rings. The molecule has 3 heterocycles. The van der Waals surface area contributed by atoms with E-state index in [-0.39, 0.29) is 68.2 Å². The van der Waals surface area contributed by atoms with Crippen LogP contribution >= 0.6 is 0 Å². The lowest BCUT2D eigenvalue weighted by Crippen LogP contribution is -2.54. The number of likely N-dealkylation sites (N-methyl/N-ethyl adjacent to an activating group) is 1. The van der Waals surface area contributed by atoms with Crippen LogP contribution in [0.15, 0.2) is 84.9 Å². The number of anilines is 2. The first-order chi connectivity index (χ1) is 26.8. The number of amides is 5. The summed E-state index contributed by atoms with van der Waals surface area (Å²) in [6, 6.07) is 18.4. The van der Waals surface area contributed by atoms with Gasteiger partial charge >= 0.3 is 6.18 Å². The molecule has 57 heavy (non-hydrogen) atoms. The van der Waals surface area contributed by atoms with Crippen molar-refractivity contribution in [2.24, 2.45) is 0 Å². The van der Waals surface area contributed by atoms with E-state index in [2.05, 4.69) is 15.6 Å². The number of piperidine rings is 1. The van der Waals surface area contributed by atoms with E-state index in [4.69, 9.17) is 9.47 Å². The summed E-state index contributed by atoms with van der Waals surface area (Å²) in [4.78, 5) is 70.1. The van der Waals surface area contributed by atoms with E-state index in [9.17, 15) is 41.5 Å². The summed E-state index contributed by atoms with van der Waals surface area (Å²) >= 11 is 0. The molecule has 2 aliphatic rings. The van der Waals surface area contributed by atoms with Gasteiger partial charge in [-0.1, -0.05) is 19.6 Å². The summed E-state index contributed by atoms with van der Waals surface area (Å²) in [6.45, 7) is 1.03. The number of aromatic nitrogens is 2. The van der Waals surface area contributed by atoms with Crippen LogP contribution in [0.1, 0.15) is 56.9 Å². The molecule has 13 nitrogen and oxygen atoms in total. The van der Waals surface area contributed by atoms with Gasteiger partial charge in [0.2, 0.25) is 17.8 Å². The highest BCUT2D eigenvalue weighted by Crippen LogP contribution is 2.32. The van der Waals surface area contributed by atoms with Crippen LogP contribution in [0, 0.1) is 5.82 Å². The van der Waals surface area contributed by atoms with Crippen molar-refractivity contribution in [2.45, 2.75) is 32.5 Å². The van der Waals surface area contributed by atoms with Crippen molar-refractivity contribution in [3.63, 3.8) is 0 Å². The zero-order chi connectivity index (χ0) is 39.7. The molecule has 17 heteroatoms. The van der Waals surface area contributed by atoms with E-state index in [1.807, 2.05) is 18.0 Å². The van der Waals surface area contributed by atoms with Gasteiger partial charge < -0.3 is 14.4 Å². The quantitative estimate of drug-likeness (QED) is 0.0881. The van der Waals surface area contributed by atoms with Crippen molar-refractivity contribution in [2.75, 3.05) is 43.6 Å². The third-order valence-corrected chi connectivity index (χ3v) is 9.30. The van der Waals surface area contributed by atoms with Crippen molar-refractivity contribution in [3.8, 4) is 11.4 Å². The number of imide groups is 2. The second kappa shape index (κ2) is 16.2. The Morgan fingerprint density at radius 2 is 1.70 bits per heavy atom. The van der Waals surface area contributed by atoms with E-state index in [0.29, 0.717) is 23.5 Å². The minimum atomic E-state index is -4.65. The molecule has 1 saturated heterocycles. The molecule has 5 amide bonds. The summed E-state index contributed by atoms with van der Waals surface area (Å²) in [5.41, 5.74) is 0.959. The lowest BCUT2D eigenvalue weighted by atomic mass is 10.0. The monoisotopic (exact) mass is 788 g/mol. The molecule has 4 aromatic carbocycles. The number of ether oxygens (including phenoxy) is 2. The number of benzene rings is 4. The Labute approximate surface area is 323 Å². The standard InChI is InChI=1S/C39H32F4N6O7.CH4/c1-47(14-15-55-16-17-56-27-9-10-28-29(21-27)37(54)49(36(28)53)32-12-13-33(50)45-35(32)52)25-6-3-7-26(20-25)48-31-11-8-24(40)19-30(31)44-38(48)46-34(51)22-4-2-5-23(18-22)39(41,42)43;/h2-11,18-21,32H,12-17H2,1H3,(H,44,46,51)(H,45,50,52);1H4. The second-order valence-electron chi connectivity index (χ2n) is 13.0. The highest BCUT2D eigenvalue weighted by Gasteiger charge is 2.44. The smallest absolute Gasteiger partial charge is 0.416 e. The summed E-state index contributed by atoms with van der Waals surface area (Å²) in [6.07, 6.45) is -4.57. The predicted octanol–water partition coefficient (Wildman–Crippen LogP) is 6.00. The Bertz CT molecular complexity index is 2400. The fourth-order valence-electron chi connectivity index (χ4n) is 6.47. The molecule has 1 unspecified atom stereocenters. The largest absolute Gasteiger partial charge is 0.491 e. The number of fused-ring (bicyclic) bond motifs is 2. The van der Waals surface area contributed by atoms with Gasteiger partial charge in [0.25, 0.3) is 17.7 Å². The summed E-state index contributed by atoms with van der Waals surface area (Å²) in [7, 11) is 1.83. The maximum Gasteiger partial charge on any atom is 0.416 e. The maximum absolute atomic E-state index is 14.2. The van der Waals surface area contributed by atoms with Gasteiger partial charge in [-0.15, -0.1) is 0 Å². The number of carbonyl (C=O) groups is 5. The van der Waals surface area contributed by atoms with Gasteiger partial charge in [-0.3, -0.25) is 44.1 Å². The summed E-state index contributed by atoms with van der Waals surface area (Å²) < 4.78 is 67.2. The minimum absolute atomic E-state index is 0. The van der Waals surface area contributed by atoms with Crippen molar-refractivity contribution in [1.82, 2.24) is 19.8 Å². The number of nitrogens with one attached hydrogen (secondary N) is 2. The Hall–Kier alpha value is -6.62. The van der Waals surface area contributed by atoms with Gasteiger partial charge in [0.15, 0.2) is 0 Å². The van der Waals surface area contributed by atoms with Crippen LogP contribution in [0.2, 0.25) is 0 Å². The van der Waals surface area contributed by atoms with Crippen LogP contribution in [0.3, 0.4) is 0 Å². The summed E-state index contributed by atoms with van der Waals surface area (Å²) in [5, 5.41) is 4.74. The Morgan fingerprint density at radius 1 is 0.930 bits per heavy atom. The number of hydrogen-bond donors (Lipinski definition) is 2. The molecule has 296 valence electrons. The van der Waals surface area contributed by atoms with Gasteiger partial charge in [0.1, 0.15) is 24.2 Å². The third-order valence-electron chi connectivity index (χ3n) is 9.30. The van der Waals surface area contributed by atoms with E-state index in [1.165, 1.54) is 36.4 Å². The molecule has 2 aliphatic heterocycles. The average Bonchev–Trinajstić information content (AvgIpc) is 3.64. The van der Waals surface area contributed by atoms with Gasteiger partial charge in [0, 0.05) is 37.3 Å². The highest BCUT2D eigenvalue weighted by molar-refractivity contribution is 6.23. The van der Waals surface area contributed by atoms with Gasteiger partial charge in [0.05, 0.1) is 46.6 Å². The Balaban J connectivity index is 0.00000549. The second-order valence-corrected chi connectivity index (χ2v) is 13.0. The number of halogens is 4. The van der Waals surface area contributed by atoms with Gasteiger partial charge in [-0.25, -0.2) is 9.37 Å². The molecule has 5 aromatic rings. The van der Waals surface area contributed by atoms with E-state index < -0.39 is 53.1 Å². The van der Waals surface area contributed by atoms with Crippen LogP contribution in [0.25, 0.3) is 16.7 Å². The van der Waals surface area contributed by atoms with Crippen LogP contribution < -0.4 is 20.3 Å². The average molecular weight is 789 g/mol. The summed E-state index contributed by atoms with van der Waals surface area (Å²) in [5.74, 6) is -3.50. The predicted molar refractivity (Wildman–Crippen MR) is 200 cm³/mol. The molecular weight excluding hydrogens is 752 g/mol. The van der Waals surface area contributed by atoms with E-state index in [1.54, 1.807) is 28.8 Å². The molecule has 0 aliphatic carbocycles. The molecule has 0 saturated carbocycles. The lowest BCUT2D eigenvalue weighted by Gasteiger charge is -2.27. The highest BCUT2D eigenvalue weighted by atomic mass is 19.4. The molecule has 0 bridgehead atoms. The van der Waals surface area contributed by atoms with Crippen LogP contribution in [0.4, 0.5) is 29.2 Å². The molecule has 1 aromatic heterocycles. The first kappa shape index (κ1) is 40.1. The van der Waals surface area contributed by atoms with Gasteiger partial charge in [-0.2, -0.15) is 13.2 Å². The van der Waals surface area contributed by atoms with E-state index in [0.717, 1.165) is 28.8 Å². The van der Waals surface area contributed by atoms with Crippen LogP contribution in [-0.2, 0) is 20.5 Å². The topological polar surface area (TPSA) is 152 Å². The van der Waals surface area contributed by atoms with Crippen molar-refractivity contribution < 1.29 is 51.0 Å². The first-order valence-electron chi connectivity index (χ1n) is 17.3.